The molecular formula is C14H18OS. The average molecular weight is 234 g/mol. The molecule has 0 radical (unpaired) electrons. The van der Waals surface area contributed by atoms with E-state index in [4.69, 9.17) is 4.74 Å². The van der Waals surface area contributed by atoms with Crippen LogP contribution in [0.3, 0.4) is 0 Å². The summed E-state index contributed by atoms with van der Waals surface area (Å²) in [6.07, 6.45) is 6.46. The average Bonchev–Trinajstić information content (AvgIpc) is 2.63. The first-order valence-corrected chi connectivity index (χ1v) is 7.06. The highest BCUT2D eigenvalue weighted by molar-refractivity contribution is 8.00. The van der Waals surface area contributed by atoms with Gasteiger partial charge >= 0.3 is 0 Å². The van der Waals surface area contributed by atoms with E-state index in [1.807, 2.05) is 11.8 Å². The molecule has 0 unspecified atom stereocenters. The van der Waals surface area contributed by atoms with Gasteiger partial charge in [0, 0.05) is 11.5 Å². The quantitative estimate of drug-likeness (QED) is 0.762. The summed E-state index contributed by atoms with van der Waals surface area (Å²) in [7, 11) is 0. The third-order valence-electron chi connectivity index (χ3n) is 3.81. The molecule has 0 atom stereocenters. The highest BCUT2D eigenvalue weighted by Crippen LogP contribution is 2.49. The molecule has 2 heterocycles. The van der Waals surface area contributed by atoms with Crippen molar-refractivity contribution in [1.82, 2.24) is 0 Å². The highest BCUT2D eigenvalue weighted by atomic mass is 32.2. The lowest BCUT2D eigenvalue weighted by molar-refractivity contribution is 0.0259. The zero-order valence-electron chi connectivity index (χ0n) is 9.52. The Morgan fingerprint density at radius 2 is 1.81 bits per heavy atom. The summed E-state index contributed by atoms with van der Waals surface area (Å²) in [4.78, 5) is 1.44. The second kappa shape index (κ2) is 4.42. The number of hydrogen-bond donors (Lipinski definition) is 0. The van der Waals surface area contributed by atoms with E-state index in [1.54, 1.807) is 0 Å². The summed E-state index contributed by atoms with van der Waals surface area (Å²) in [5.74, 6) is 0.937. The molecule has 0 aromatic heterocycles. The standard InChI is InChI=1S/C14H18OS/c1-2-4-13(5-3-1)16-14-9-6-12(7-10-14)8-11-15-14/h1-5,12H,6-11H2. The van der Waals surface area contributed by atoms with Crippen LogP contribution < -0.4 is 0 Å². The molecule has 0 N–H and O–H groups in total. The van der Waals surface area contributed by atoms with Gasteiger partial charge < -0.3 is 4.74 Å². The van der Waals surface area contributed by atoms with Crippen LogP contribution in [0, 0.1) is 5.92 Å². The van der Waals surface area contributed by atoms with Gasteiger partial charge in [-0.2, -0.15) is 0 Å². The van der Waals surface area contributed by atoms with Crippen LogP contribution in [0.25, 0.3) is 0 Å². The molecule has 2 heteroatoms. The molecule has 3 aliphatic rings. The predicted molar refractivity (Wildman–Crippen MR) is 67.6 cm³/mol. The monoisotopic (exact) mass is 234 g/mol. The number of hydrogen-bond acceptors (Lipinski definition) is 2. The third-order valence-corrected chi connectivity index (χ3v) is 5.21. The van der Waals surface area contributed by atoms with E-state index < -0.39 is 0 Å². The molecule has 0 spiro atoms. The second-order valence-corrected chi connectivity index (χ2v) is 6.33. The summed E-state index contributed by atoms with van der Waals surface area (Å²) in [5.41, 5.74) is 0. The number of fused-ring (bicyclic) bond motifs is 4. The van der Waals surface area contributed by atoms with Gasteiger partial charge in [0.25, 0.3) is 0 Å². The maximum absolute atomic E-state index is 6.15. The molecule has 2 aliphatic heterocycles. The van der Waals surface area contributed by atoms with E-state index in [9.17, 15) is 0 Å². The van der Waals surface area contributed by atoms with E-state index in [-0.39, 0.29) is 4.93 Å². The van der Waals surface area contributed by atoms with E-state index in [1.165, 1.54) is 37.0 Å². The Balaban J connectivity index is 1.77. The minimum Gasteiger partial charge on any atom is -0.364 e. The molecule has 1 aromatic rings. The molecule has 1 aromatic carbocycles. The van der Waals surface area contributed by atoms with E-state index in [2.05, 4.69) is 30.3 Å². The number of thioether (sulfide) groups is 1. The summed E-state index contributed by atoms with van der Waals surface area (Å²) in [6, 6.07) is 10.7. The van der Waals surface area contributed by atoms with Crippen LogP contribution in [0.4, 0.5) is 0 Å². The van der Waals surface area contributed by atoms with Crippen LogP contribution in [0.5, 0.6) is 0 Å². The molecule has 86 valence electrons. The van der Waals surface area contributed by atoms with Crippen LogP contribution >= 0.6 is 11.8 Å². The van der Waals surface area contributed by atoms with Crippen LogP contribution in [-0.2, 0) is 4.74 Å². The number of benzene rings is 1. The molecule has 1 aliphatic carbocycles. The van der Waals surface area contributed by atoms with Crippen molar-refractivity contribution >= 4 is 11.8 Å². The molecule has 2 saturated heterocycles. The third kappa shape index (κ3) is 2.14. The summed E-state index contributed by atoms with van der Waals surface area (Å²) in [5, 5.41) is 0. The molecule has 1 nitrogen and oxygen atoms in total. The molecule has 2 bridgehead atoms. The van der Waals surface area contributed by atoms with Crippen molar-refractivity contribution in [1.29, 1.82) is 0 Å². The maximum Gasteiger partial charge on any atom is 0.118 e. The molecule has 1 saturated carbocycles. The van der Waals surface area contributed by atoms with Gasteiger partial charge in [-0.05, 0) is 50.2 Å². The fraction of sp³-hybridized carbons (Fsp3) is 0.571. The van der Waals surface area contributed by atoms with Gasteiger partial charge in [0.05, 0.1) is 0 Å². The first-order chi connectivity index (χ1) is 7.86. The van der Waals surface area contributed by atoms with Crippen molar-refractivity contribution in [3.05, 3.63) is 30.3 Å². The SMILES string of the molecule is c1ccc(SC23CCC(CCO2)CC3)cc1. The Hall–Kier alpha value is -0.470. The Bertz CT molecular complexity index is 336. The van der Waals surface area contributed by atoms with Crippen molar-refractivity contribution in [3.8, 4) is 0 Å². The normalized spacial score (nSPS) is 33.6. The van der Waals surface area contributed by atoms with Gasteiger partial charge in [0.1, 0.15) is 4.93 Å². The Labute approximate surface area is 102 Å². The predicted octanol–water partition coefficient (Wildman–Crippen LogP) is 4.09. The first-order valence-electron chi connectivity index (χ1n) is 6.24. The van der Waals surface area contributed by atoms with Gasteiger partial charge in [-0.3, -0.25) is 0 Å². The number of rotatable bonds is 2. The Kier molecular flexibility index (Phi) is 2.95. The van der Waals surface area contributed by atoms with Gasteiger partial charge in [0.15, 0.2) is 0 Å². The topological polar surface area (TPSA) is 9.23 Å². The largest absolute Gasteiger partial charge is 0.364 e. The smallest absolute Gasteiger partial charge is 0.118 e. The fourth-order valence-corrected chi connectivity index (χ4v) is 4.10. The Morgan fingerprint density at radius 1 is 1.06 bits per heavy atom. The van der Waals surface area contributed by atoms with Crippen LogP contribution in [0.1, 0.15) is 32.1 Å². The van der Waals surface area contributed by atoms with Gasteiger partial charge in [-0.15, -0.1) is 0 Å². The van der Waals surface area contributed by atoms with Gasteiger partial charge in [-0.25, -0.2) is 0 Å². The number of ether oxygens (including phenoxy) is 1. The molecule has 3 fully saturated rings. The molecule has 4 rings (SSSR count). The van der Waals surface area contributed by atoms with Crippen molar-refractivity contribution in [2.24, 2.45) is 5.92 Å². The minimum absolute atomic E-state index is 0.0916. The molecule has 0 amide bonds. The van der Waals surface area contributed by atoms with Crippen molar-refractivity contribution in [2.75, 3.05) is 6.61 Å². The summed E-state index contributed by atoms with van der Waals surface area (Å²) < 4.78 is 6.15. The van der Waals surface area contributed by atoms with Gasteiger partial charge in [-0.1, -0.05) is 30.0 Å². The van der Waals surface area contributed by atoms with E-state index in [0.717, 1.165) is 12.5 Å². The second-order valence-electron chi connectivity index (χ2n) is 4.91. The van der Waals surface area contributed by atoms with E-state index >= 15 is 0 Å². The lowest BCUT2D eigenvalue weighted by Gasteiger charge is -2.35. The van der Waals surface area contributed by atoms with Crippen molar-refractivity contribution in [3.63, 3.8) is 0 Å². The maximum atomic E-state index is 6.15. The van der Waals surface area contributed by atoms with Gasteiger partial charge in [0.2, 0.25) is 0 Å². The van der Waals surface area contributed by atoms with Crippen molar-refractivity contribution < 1.29 is 4.74 Å². The highest BCUT2D eigenvalue weighted by Gasteiger charge is 2.39. The first kappa shape index (κ1) is 10.7. The van der Waals surface area contributed by atoms with Crippen LogP contribution in [0.2, 0.25) is 0 Å². The zero-order valence-corrected chi connectivity index (χ0v) is 10.3. The minimum atomic E-state index is 0.0916. The van der Waals surface area contributed by atoms with E-state index in [0.29, 0.717) is 0 Å². The Morgan fingerprint density at radius 3 is 2.56 bits per heavy atom. The molecule has 16 heavy (non-hydrogen) atoms. The van der Waals surface area contributed by atoms with Crippen LogP contribution in [0.15, 0.2) is 35.2 Å². The molecular weight excluding hydrogens is 216 g/mol. The fourth-order valence-electron chi connectivity index (χ4n) is 2.80. The van der Waals surface area contributed by atoms with Crippen molar-refractivity contribution in [2.45, 2.75) is 41.9 Å². The zero-order chi connectivity index (χ0) is 10.8. The van der Waals surface area contributed by atoms with Crippen LogP contribution in [-0.4, -0.2) is 11.5 Å². The lowest BCUT2D eigenvalue weighted by Crippen LogP contribution is -2.30. The summed E-state index contributed by atoms with van der Waals surface area (Å²) in [6.45, 7) is 0.963. The summed E-state index contributed by atoms with van der Waals surface area (Å²) >= 11 is 1.94. The lowest BCUT2D eigenvalue weighted by atomic mass is 9.87.